The van der Waals surface area contributed by atoms with Gasteiger partial charge in [-0.2, -0.15) is 0 Å². The molecule has 0 saturated heterocycles. The van der Waals surface area contributed by atoms with E-state index >= 15 is 0 Å². The van der Waals surface area contributed by atoms with Gasteiger partial charge in [0, 0.05) is 12.3 Å². The second-order valence-corrected chi connectivity index (χ2v) is 1.83. The number of hydrogen-bond acceptors (Lipinski definition) is 3. The first-order valence-corrected chi connectivity index (χ1v) is 2.81. The van der Waals surface area contributed by atoms with E-state index in [1.165, 1.54) is 0 Å². The second kappa shape index (κ2) is 1.62. The molecule has 1 aliphatic heterocycles. The van der Waals surface area contributed by atoms with Crippen LogP contribution in [0.2, 0.25) is 0 Å². The fourth-order valence-corrected chi connectivity index (χ4v) is 0.820. The van der Waals surface area contributed by atoms with Crippen LogP contribution < -0.4 is 5.32 Å². The number of furan rings is 1. The molecule has 0 aromatic carbocycles. The summed E-state index contributed by atoms with van der Waals surface area (Å²) in [6, 6.07) is 1.87. The van der Waals surface area contributed by atoms with E-state index in [2.05, 4.69) is 10.3 Å². The van der Waals surface area contributed by atoms with Crippen molar-refractivity contribution in [2.45, 2.75) is 0 Å². The van der Waals surface area contributed by atoms with E-state index < -0.39 is 0 Å². The first kappa shape index (κ1) is 4.61. The van der Waals surface area contributed by atoms with Crippen LogP contribution in [0.15, 0.2) is 21.7 Å². The fraction of sp³-hybridized carbons (Fsp3) is 0.167. The SMILES string of the molecule is C1=Nc2occc2NC1. The van der Waals surface area contributed by atoms with Crippen molar-refractivity contribution in [3.8, 4) is 0 Å². The van der Waals surface area contributed by atoms with E-state index in [4.69, 9.17) is 4.42 Å². The van der Waals surface area contributed by atoms with E-state index in [1.54, 1.807) is 12.5 Å². The van der Waals surface area contributed by atoms with Gasteiger partial charge >= 0.3 is 0 Å². The number of hydrogen-bond donors (Lipinski definition) is 1. The summed E-state index contributed by atoms with van der Waals surface area (Å²) in [7, 11) is 0. The van der Waals surface area contributed by atoms with Crippen LogP contribution in [0, 0.1) is 0 Å². The highest BCUT2D eigenvalue weighted by molar-refractivity contribution is 5.77. The molecular weight excluding hydrogens is 116 g/mol. The van der Waals surface area contributed by atoms with Crippen LogP contribution in [0.3, 0.4) is 0 Å². The minimum absolute atomic E-state index is 0.682. The van der Waals surface area contributed by atoms with Crippen LogP contribution in [-0.2, 0) is 0 Å². The normalized spacial score (nSPS) is 14.7. The average molecular weight is 122 g/mol. The van der Waals surface area contributed by atoms with E-state index in [0.29, 0.717) is 5.88 Å². The van der Waals surface area contributed by atoms with Gasteiger partial charge in [0.15, 0.2) is 0 Å². The number of anilines is 1. The lowest BCUT2D eigenvalue weighted by molar-refractivity contribution is 0.578. The summed E-state index contributed by atoms with van der Waals surface area (Å²) >= 11 is 0. The summed E-state index contributed by atoms with van der Waals surface area (Å²) < 4.78 is 5.00. The van der Waals surface area contributed by atoms with Crippen molar-refractivity contribution in [2.24, 2.45) is 4.99 Å². The molecule has 2 rings (SSSR count). The number of nitrogens with zero attached hydrogens (tertiary/aromatic N) is 1. The molecule has 9 heavy (non-hydrogen) atoms. The molecule has 3 heteroatoms. The Balaban J connectivity index is 2.53. The van der Waals surface area contributed by atoms with Crippen LogP contribution in [0.5, 0.6) is 0 Å². The summed E-state index contributed by atoms with van der Waals surface area (Å²) in [5.74, 6) is 0.682. The van der Waals surface area contributed by atoms with Crippen molar-refractivity contribution in [1.82, 2.24) is 0 Å². The van der Waals surface area contributed by atoms with Gasteiger partial charge in [0.05, 0.1) is 12.8 Å². The maximum absolute atomic E-state index is 5.00. The molecule has 0 radical (unpaired) electrons. The fourth-order valence-electron chi connectivity index (χ4n) is 0.820. The van der Waals surface area contributed by atoms with Gasteiger partial charge < -0.3 is 9.73 Å². The van der Waals surface area contributed by atoms with E-state index in [0.717, 1.165) is 12.2 Å². The van der Waals surface area contributed by atoms with E-state index in [-0.39, 0.29) is 0 Å². The molecule has 3 nitrogen and oxygen atoms in total. The van der Waals surface area contributed by atoms with Gasteiger partial charge in [-0.15, -0.1) is 0 Å². The van der Waals surface area contributed by atoms with Gasteiger partial charge in [-0.1, -0.05) is 0 Å². The van der Waals surface area contributed by atoms with Gasteiger partial charge in [-0.25, -0.2) is 4.99 Å². The standard InChI is InChI=1S/C6H6N2O/c1-4-9-6-5(1)7-2-3-8-6/h1,3-4,7H,2H2. The summed E-state index contributed by atoms with van der Waals surface area (Å²) in [5.41, 5.74) is 0.984. The van der Waals surface area contributed by atoms with Crippen LogP contribution in [0.25, 0.3) is 0 Å². The highest BCUT2D eigenvalue weighted by Crippen LogP contribution is 2.26. The molecule has 0 spiro atoms. The predicted molar refractivity (Wildman–Crippen MR) is 35.3 cm³/mol. The first-order valence-electron chi connectivity index (χ1n) is 2.81. The Hall–Kier alpha value is -1.25. The van der Waals surface area contributed by atoms with Crippen LogP contribution >= 0.6 is 0 Å². The lowest BCUT2D eigenvalue weighted by atomic mass is 10.4. The Labute approximate surface area is 52.4 Å². The van der Waals surface area contributed by atoms with Crippen molar-refractivity contribution in [3.63, 3.8) is 0 Å². The van der Waals surface area contributed by atoms with Gasteiger partial charge in [0.2, 0.25) is 5.88 Å². The molecule has 1 N–H and O–H groups in total. The summed E-state index contributed by atoms with van der Waals surface area (Å²) in [6.45, 7) is 0.798. The molecule has 0 unspecified atom stereocenters. The molecular formula is C6H6N2O. The zero-order chi connectivity index (χ0) is 6.10. The Morgan fingerprint density at radius 2 is 2.67 bits per heavy atom. The molecule has 0 amide bonds. The minimum atomic E-state index is 0.682. The third-order valence-corrected chi connectivity index (χ3v) is 1.24. The second-order valence-electron chi connectivity index (χ2n) is 1.83. The molecule has 0 aliphatic carbocycles. The number of nitrogens with one attached hydrogen (secondary N) is 1. The monoisotopic (exact) mass is 122 g/mol. The van der Waals surface area contributed by atoms with Crippen LogP contribution in [0.1, 0.15) is 0 Å². The number of aliphatic imine (C=N–C) groups is 1. The zero-order valence-electron chi connectivity index (χ0n) is 4.79. The van der Waals surface area contributed by atoms with Crippen molar-refractivity contribution in [3.05, 3.63) is 12.3 Å². The molecule has 0 atom stereocenters. The molecule has 2 heterocycles. The summed E-state index contributed by atoms with van der Waals surface area (Å²) in [6.07, 6.45) is 3.41. The smallest absolute Gasteiger partial charge is 0.242 e. The molecule has 0 fully saturated rings. The predicted octanol–water partition coefficient (Wildman–Crippen LogP) is 1.41. The first-order chi connectivity index (χ1) is 4.47. The van der Waals surface area contributed by atoms with Gasteiger partial charge in [-0.05, 0) is 0 Å². The lowest BCUT2D eigenvalue weighted by Crippen LogP contribution is -2.04. The molecule has 1 aliphatic rings. The van der Waals surface area contributed by atoms with E-state index in [1.807, 2.05) is 6.07 Å². The highest BCUT2D eigenvalue weighted by Gasteiger charge is 2.05. The van der Waals surface area contributed by atoms with Crippen molar-refractivity contribution < 1.29 is 4.42 Å². The number of rotatable bonds is 0. The van der Waals surface area contributed by atoms with Crippen LogP contribution in [-0.4, -0.2) is 12.8 Å². The van der Waals surface area contributed by atoms with E-state index in [9.17, 15) is 0 Å². The highest BCUT2D eigenvalue weighted by atomic mass is 16.3. The molecule has 46 valence electrons. The average Bonchev–Trinajstić information content (AvgIpc) is 2.33. The molecule has 1 aromatic rings. The Morgan fingerprint density at radius 3 is 3.56 bits per heavy atom. The third-order valence-electron chi connectivity index (χ3n) is 1.24. The quantitative estimate of drug-likeness (QED) is 0.564. The van der Waals surface area contributed by atoms with Gasteiger partial charge in [-0.3, -0.25) is 0 Å². The summed E-state index contributed by atoms with van der Waals surface area (Å²) in [4.78, 5) is 4.00. The molecule has 0 saturated carbocycles. The Morgan fingerprint density at radius 1 is 1.67 bits per heavy atom. The lowest BCUT2D eigenvalue weighted by Gasteiger charge is -2.03. The topological polar surface area (TPSA) is 37.5 Å². The third kappa shape index (κ3) is 0.614. The van der Waals surface area contributed by atoms with Crippen molar-refractivity contribution in [2.75, 3.05) is 11.9 Å². The minimum Gasteiger partial charge on any atom is -0.445 e. The largest absolute Gasteiger partial charge is 0.445 e. The van der Waals surface area contributed by atoms with Crippen molar-refractivity contribution in [1.29, 1.82) is 0 Å². The van der Waals surface area contributed by atoms with Gasteiger partial charge in [0.25, 0.3) is 0 Å². The maximum Gasteiger partial charge on any atom is 0.242 e. The molecule has 0 bridgehead atoms. The maximum atomic E-state index is 5.00. The zero-order valence-corrected chi connectivity index (χ0v) is 4.79. The Bertz CT molecular complexity index is 239. The molecule has 1 aromatic heterocycles. The summed E-state index contributed by atoms with van der Waals surface area (Å²) in [5, 5.41) is 3.10. The van der Waals surface area contributed by atoms with Crippen LogP contribution in [0.4, 0.5) is 11.6 Å². The van der Waals surface area contributed by atoms with Crippen molar-refractivity contribution >= 4 is 17.8 Å². The number of fused-ring (bicyclic) bond motifs is 1. The Kier molecular flexibility index (Phi) is 0.828. The van der Waals surface area contributed by atoms with Gasteiger partial charge in [0.1, 0.15) is 5.69 Å².